The van der Waals surface area contributed by atoms with E-state index >= 15 is 0 Å². The molecule has 8 nitrogen and oxygen atoms in total. The highest BCUT2D eigenvalue weighted by atomic mass is 35.5. The van der Waals surface area contributed by atoms with Crippen molar-refractivity contribution in [3.05, 3.63) is 22.7 Å². The molecule has 1 heterocycles. The molecule has 1 aliphatic heterocycles. The molecule has 1 saturated heterocycles. The smallest absolute Gasteiger partial charge is 0.305 e. The van der Waals surface area contributed by atoms with Crippen molar-refractivity contribution in [3.63, 3.8) is 0 Å². The summed E-state index contributed by atoms with van der Waals surface area (Å²) in [6.45, 7) is 9.14. The van der Waals surface area contributed by atoms with Crippen LogP contribution in [0.5, 0.6) is 5.75 Å². The van der Waals surface area contributed by atoms with E-state index in [9.17, 15) is 9.59 Å². The second-order valence-electron chi connectivity index (χ2n) is 7.55. The molecule has 2 rings (SSSR count). The number of nitrogens with one attached hydrogen (secondary N) is 1. The first-order valence-electron chi connectivity index (χ1n) is 10.9. The van der Waals surface area contributed by atoms with Crippen LogP contribution in [0.15, 0.2) is 12.1 Å². The molecule has 1 fully saturated rings. The van der Waals surface area contributed by atoms with Gasteiger partial charge in [0, 0.05) is 38.2 Å². The van der Waals surface area contributed by atoms with Crippen LogP contribution in [0.1, 0.15) is 50.4 Å². The molecule has 0 radical (unpaired) electrons. The number of rotatable bonds is 11. The van der Waals surface area contributed by atoms with Crippen LogP contribution in [0.25, 0.3) is 0 Å². The molecule has 0 aliphatic carbocycles. The Labute approximate surface area is 189 Å². The number of nitrogen functional groups attached to an aromatic ring is 1. The number of carbonyl (C=O) groups is 2. The van der Waals surface area contributed by atoms with Gasteiger partial charge in [-0.05, 0) is 39.7 Å². The molecular weight excluding hydrogens is 422 g/mol. The van der Waals surface area contributed by atoms with Crippen LogP contribution in [-0.2, 0) is 14.3 Å². The fourth-order valence-electron chi connectivity index (χ4n) is 3.55. The Bertz CT molecular complexity index is 746. The fourth-order valence-corrected chi connectivity index (χ4v) is 3.71. The average Bonchev–Trinajstić information content (AvgIpc) is 2.75. The molecule has 31 heavy (non-hydrogen) atoms. The third-order valence-electron chi connectivity index (χ3n) is 5.24. The molecule has 174 valence electrons. The van der Waals surface area contributed by atoms with Crippen LogP contribution in [0.3, 0.4) is 0 Å². The summed E-state index contributed by atoms with van der Waals surface area (Å²) in [6.07, 6.45) is 2.01. The van der Waals surface area contributed by atoms with E-state index in [2.05, 4.69) is 17.1 Å². The minimum atomic E-state index is -0.284. The summed E-state index contributed by atoms with van der Waals surface area (Å²) in [5.41, 5.74) is 6.54. The Morgan fingerprint density at radius 2 is 2.13 bits per heavy atom. The number of anilines is 1. The molecule has 2 atom stereocenters. The maximum Gasteiger partial charge on any atom is 0.305 e. The van der Waals surface area contributed by atoms with Gasteiger partial charge in [0.2, 0.25) is 0 Å². The van der Waals surface area contributed by atoms with E-state index in [1.54, 1.807) is 6.07 Å². The summed E-state index contributed by atoms with van der Waals surface area (Å²) < 4.78 is 16.3. The van der Waals surface area contributed by atoms with Gasteiger partial charge in [-0.25, -0.2) is 0 Å². The Morgan fingerprint density at radius 3 is 2.84 bits per heavy atom. The van der Waals surface area contributed by atoms with Gasteiger partial charge in [0.25, 0.3) is 5.91 Å². The number of esters is 1. The van der Waals surface area contributed by atoms with Gasteiger partial charge in [-0.2, -0.15) is 0 Å². The minimum Gasteiger partial charge on any atom is -0.493 e. The standard InChI is InChI=1S/C22H34ClN3O5/c1-4-29-20-12-19(24)18(23)11-17(20)22(28)25-13-16-14-26(9-10-31-16)15(3)7-6-8-21(27)30-5-2/h11-12,15-16H,4-10,13-14,24H2,1-3H3,(H,25,28)/t15?,16-/m0/s1. The first-order valence-corrected chi connectivity index (χ1v) is 11.2. The number of nitrogens with two attached hydrogens (primary N) is 1. The van der Waals surface area contributed by atoms with Crippen molar-refractivity contribution in [1.82, 2.24) is 10.2 Å². The number of hydrogen-bond donors (Lipinski definition) is 2. The van der Waals surface area contributed by atoms with Gasteiger partial charge in [0.15, 0.2) is 0 Å². The quantitative estimate of drug-likeness (QED) is 0.390. The van der Waals surface area contributed by atoms with Gasteiger partial charge >= 0.3 is 5.97 Å². The Balaban J connectivity index is 1.85. The van der Waals surface area contributed by atoms with Crippen molar-refractivity contribution >= 4 is 29.2 Å². The molecule has 3 N–H and O–H groups in total. The first-order chi connectivity index (χ1) is 14.8. The van der Waals surface area contributed by atoms with E-state index in [1.807, 2.05) is 13.8 Å². The molecule has 1 amide bonds. The lowest BCUT2D eigenvalue weighted by Crippen LogP contribution is -2.50. The number of hydrogen-bond acceptors (Lipinski definition) is 7. The van der Waals surface area contributed by atoms with Gasteiger partial charge in [-0.15, -0.1) is 0 Å². The van der Waals surface area contributed by atoms with E-state index in [1.165, 1.54) is 6.07 Å². The van der Waals surface area contributed by atoms with Crippen LogP contribution in [-0.4, -0.2) is 68.4 Å². The second-order valence-corrected chi connectivity index (χ2v) is 7.95. The second kappa shape index (κ2) is 12.7. The van der Waals surface area contributed by atoms with Gasteiger partial charge in [-0.1, -0.05) is 11.6 Å². The third kappa shape index (κ3) is 7.87. The maximum absolute atomic E-state index is 12.7. The summed E-state index contributed by atoms with van der Waals surface area (Å²) in [5, 5.41) is 3.23. The van der Waals surface area contributed by atoms with E-state index in [0.717, 1.165) is 19.4 Å². The number of nitrogens with zero attached hydrogens (tertiary/aromatic N) is 1. The zero-order valence-corrected chi connectivity index (χ0v) is 19.4. The zero-order valence-electron chi connectivity index (χ0n) is 18.6. The highest BCUT2D eigenvalue weighted by Crippen LogP contribution is 2.29. The molecule has 9 heteroatoms. The van der Waals surface area contributed by atoms with E-state index in [-0.39, 0.29) is 18.0 Å². The van der Waals surface area contributed by atoms with Crippen LogP contribution in [0.4, 0.5) is 5.69 Å². The van der Waals surface area contributed by atoms with E-state index < -0.39 is 0 Å². The minimum absolute atomic E-state index is 0.120. The summed E-state index contributed by atoms with van der Waals surface area (Å²) in [5.74, 6) is -0.0247. The highest BCUT2D eigenvalue weighted by Gasteiger charge is 2.25. The lowest BCUT2D eigenvalue weighted by molar-refractivity contribution is -0.143. The summed E-state index contributed by atoms with van der Waals surface area (Å²) in [4.78, 5) is 26.6. The number of benzene rings is 1. The van der Waals surface area contributed by atoms with Crippen LogP contribution < -0.4 is 15.8 Å². The number of morpholine rings is 1. The lowest BCUT2D eigenvalue weighted by Gasteiger charge is -2.37. The Hall–Kier alpha value is -2.03. The van der Waals surface area contributed by atoms with E-state index in [0.29, 0.717) is 67.4 Å². The van der Waals surface area contributed by atoms with Crippen molar-refractivity contribution in [2.24, 2.45) is 0 Å². The van der Waals surface area contributed by atoms with Gasteiger partial charge < -0.3 is 25.3 Å². The molecule has 0 aromatic heterocycles. The first kappa shape index (κ1) is 25.2. The topological polar surface area (TPSA) is 103 Å². The van der Waals surface area contributed by atoms with Crippen molar-refractivity contribution in [1.29, 1.82) is 0 Å². The SMILES string of the molecule is CCOC(=O)CCCC(C)N1CCO[C@@H](CNC(=O)c2cc(Cl)c(N)cc2OCC)C1. The van der Waals surface area contributed by atoms with Gasteiger partial charge in [0.05, 0.1) is 42.2 Å². The molecule has 1 aromatic rings. The maximum atomic E-state index is 12.7. The predicted octanol–water partition coefficient (Wildman–Crippen LogP) is 2.87. The molecule has 0 spiro atoms. The van der Waals surface area contributed by atoms with Crippen molar-refractivity contribution in [2.45, 2.75) is 52.2 Å². The largest absolute Gasteiger partial charge is 0.493 e. The van der Waals surface area contributed by atoms with Crippen LogP contribution >= 0.6 is 11.6 Å². The highest BCUT2D eigenvalue weighted by molar-refractivity contribution is 6.33. The number of amides is 1. The lowest BCUT2D eigenvalue weighted by atomic mass is 10.1. The number of carbonyl (C=O) groups excluding carboxylic acids is 2. The molecule has 0 bridgehead atoms. The summed E-state index contributed by atoms with van der Waals surface area (Å²) in [7, 11) is 0. The van der Waals surface area contributed by atoms with Crippen molar-refractivity contribution in [2.75, 3.05) is 45.2 Å². The average molecular weight is 456 g/mol. The monoisotopic (exact) mass is 455 g/mol. The van der Waals surface area contributed by atoms with Crippen LogP contribution in [0.2, 0.25) is 5.02 Å². The zero-order chi connectivity index (χ0) is 22.8. The number of halogens is 1. The Kier molecular flexibility index (Phi) is 10.4. The number of ether oxygens (including phenoxy) is 3. The van der Waals surface area contributed by atoms with Gasteiger partial charge in [0.1, 0.15) is 5.75 Å². The molecule has 1 aromatic carbocycles. The third-order valence-corrected chi connectivity index (χ3v) is 5.56. The van der Waals surface area contributed by atoms with Crippen molar-refractivity contribution < 1.29 is 23.8 Å². The molecule has 0 saturated carbocycles. The predicted molar refractivity (Wildman–Crippen MR) is 121 cm³/mol. The van der Waals surface area contributed by atoms with Gasteiger partial charge in [-0.3, -0.25) is 14.5 Å². The summed E-state index contributed by atoms with van der Waals surface area (Å²) >= 11 is 6.09. The summed E-state index contributed by atoms with van der Waals surface area (Å²) in [6, 6.07) is 3.41. The van der Waals surface area contributed by atoms with E-state index in [4.69, 9.17) is 31.5 Å². The van der Waals surface area contributed by atoms with Crippen molar-refractivity contribution in [3.8, 4) is 5.75 Å². The Morgan fingerprint density at radius 1 is 1.35 bits per heavy atom. The molecule has 1 unspecified atom stereocenters. The molecular formula is C22H34ClN3O5. The fraction of sp³-hybridized carbons (Fsp3) is 0.636. The van der Waals surface area contributed by atoms with Crippen LogP contribution in [0, 0.1) is 0 Å². The molecule has 1 aliphatic rings. The normalized spacial score (nSPS) is 17.7.